The molecule has 0 radical (unpaired) electrons. The molecule has 0 saturated carbocycles. The number of hydrogen-bond acceptors (Lipinski definition) is 9. The lowest BCUT2D eigenvalue weighted by Crippen LogP contribution is -2.43. The van der Waals surface area contributed by atoms with Gasteiger partial charge in [0, 0.05) is 42.8 Å². The number of amides is 1. The molecule has 204 valence electrons. The van der Waals surface area contributed by atoms with Gasteiger partial charge in [-0.3, -0.25) is 13.7 Å². The van der Waals surface area contributed by atoms with Crippen LogP contribution in [0.15, 0.2) is 46.5 Å². The Morgan fingerprint density at radius 1 is 1.32 bits per heavy atom. The average molecular weight is 618 g/mol. The van der Waals surface area contributed by atoms with Crippen LogP contribution in [0.3, 0.4) is 0 Å². The van der Waals surface area contributed by atoms with E-state index in [4.69, 9.17) is 27.6 Å². The minimum atomic E-state index is -4.04. The van der Waals surface area contributed by atoms with Gasteiger partial charge in [-0.1, -0.05) is 36.2 Å². The van der Waals surface area contributed by atoms with Crippen molar-refractivity contribution in [1.29, 1.82) is 0 Å². The summed E-state index contributed by atoms with van der Waals surface area (Å²) in [6.45, 7) is 6.36. The SMILES string of the molecule is C=CC(c1ccc(Cl)s1)S(=O)(=O)NC(=O)C1CCN(c2ncc(-c3ncc(CC)o3)c(S(C)=O)c2Cl)CC1. The highest BCUT2D eigenvalue weighted by molar-refractivity contribution is 7.90. The first kappa shape index (κ1) is 28.8. The quantitative estimate of drug-likeness (QED) is 0.333. The van der Waals surface area contributed by atoms with Crippen LogP contribution in [-0.2, 0) is 32.0 Å². The van der Waals surface area contributed by atoms with Crippen LogP contribution in [0.1, 0.15) is 35.7 Å². The zero-order chi connectivity index (χ0) is 27.6. The summed E-state index contributed by atoms with van der Waals surface area (Å²) in [4.78, 5) is 24.4. The van der Waals surface area contributed by atoms with Crippen molar-refractivity contribution in [3.05, 3.63) is 57.2 Å². The molecule has 38 heavy (non-hydrogen) atoms. The maximum Gasteiger partial charge on any atom is 0.246 e. The molecule has 0 spiro atoms. The summed E-state index contributed by atoms with van der Waals surface area (Å²) < 4.78 is 46.8. The van der Waals surface area contributed by atoms with Gasteiger partial charge in [0.25, 0.3) is 0 Å². The van der Waals surface area contributed by atoms with E-state index in [2.05, 4.69) is 21.3 Å². The van der Waals surface area contributed by atoms with Gasteiger partial charge in [-0.05, 0) is 25.0 Å². The number of carbonyl (C=O) groups excluding carboxylic acids is 1. The Bertz CT molecular complexity index is 1480. The minimum absolute atomic E-state index is 0.230. The summed E-state index contributed by atoms with van der Waals surface area (Å²) in [7, 11) is -5.49. The molecule has 2 atom stereocenters. The van der Waals surface area contributed by atoms with E-state index in [1.807, 2.05) is 11.8 Å². The molecule has 1 fully saturated rings. The first-order valence-electron chi connectivity index (χ1n) is 11.7. The first-order chi connectivity index (χ1) is 18.1. The van der Waals surface area contributed by atoms with E-state index in [1.165, 1.54) is 12.3 Å². The Morgan fingerprint density at radius 2 is 2.03 bits per heavy atom. The van der Waals surface area contributed by atoms with E-state index in [0.29, 0.717) is 69.5 Å². The summed E-state index contributed by atoms with van der Waals surface area (Å²) in [5, 5.41) is -0.857. The fourth-order valence-electron chi connectivity index (χ4n) is 4.23. The number of oxazole rings is 1. The zero-order valence-electron chi connectivity index (χ0n) is 20.6. The number of halogens is 2. The Kier molecular flexibility index (Phi) is 8.98. The smallest absolute Gasteiger partial charge is 0.246 e. The van der Waals surface area contributed by atoms with Gasteiger partial charge < -0.3 is 9.32 Å². The topological polar surface area (TPSA) is 122 Å². The number of piperidine rings is 1. The molecule has 1 aliphatic rings. The molecular formula is C24H26Cl2N4O5S3. The summed E-state index contributed by atoms with van der Waals surface area (Å²) in [6, 6.07) is 3.20. The van der Waals surface area contributed by atoms with Crippen molar-refractivity contribution in [3.63, 3.8) is 0 Å². The van der Waals surface area contributed by atoms with Crippen molar-refractivity contribution in [2.24, 2.45) is 5.92 Å². The molecule has 0 aliphatic carbocycles. The second-order valence-corrected chi connectivity index (χ2v) is 13.9. The summed E-state index contributed by atoms with van der Waals surface area (Å²) in [5.41, 5.74) is 0.461. The van der Waals surface area contributed by atoms with E-state index in [0.717, 1.165) is 11.3 Å². The van der Waals surface area contributed by atoms with E-state index >= 15 is 0 Å². The largest absolute Gasteiger partial charge is 0.441 e. The van der Waals surface area contributed by atoms with Crippen LogP contribution >= 0.6 is 34.5 Å². The fraction of sp³-hybridized carbons (Fsp3) is 0.375. The summed E-state index contributed by atoms with van der Waals surface area (Å²) in [5.74, 6) is 0.340. The number of anilines is 1. The Hall–Kier alpha value is -2.25. The molecule has 3 aromatic rings. The number of thiophene rings is 1. The second-order valence-electron chi connectivity index (χ2n) is 8.65. The molecule has 1 N–H and O–H groups in total. The molecule has 1 aliphatic heterocycles. The van der Waals surface area contributed by atoms with Gasteiger partial charge in [0.1, 0.15) is 21.9 Å². The highest BCUT2D eigenvalue weighted by atomic mass is 35.5. The lowest BCUT2D eigenvalue weighted by Gasteiger charge is -2.33. The molecule has 3 aromatic heterocycles. The number of nitrogens with zero attached hydrogens (tertiary/aromatic N) is 3. The van der Waals surface area contributed by atoms with Gasteiger partial charge in [-0.2, -0.15) is 0 Å². The summed E-state index contributed by atoms with van der Waals surface area (Å²) >= 11 is 13.8. The third kappa shape index (κ3) is 5.99. The predicted molar refractivity (Wildman–Crippen MR) is 151 cm³/mol. The van der Waals surface area contributed by atoms with Crippen molar-refractivity contribution in [2.45, 2.75) is 36.3 Å². The second kappa shape index (κ2) is 11.9. The number of nitrogens with one attached hydrogen (secondary N) is 1. The van der Waals surface area contributed by atoms with Crippen LogP contribution in [0, 0.1) is 5.92 Å². The van der Waals surface area contributed by atoms with Crippen molar-refractivity contribution in [2.75, 3.05) is 24.2 Å². The molecule has 2 unspecified atom stereocenters. The van der Waals surface area contributed by atoms with Crippen LogP contribution in [0.5, 0.6) is 0 Å². The number of aromatic nitrogens is 2. The molecule has 1 saturated heterocycles. The summed E-state index contributed by atoms with van der Waals surface area (Å²) in [6.07, 6.45) is 7.38. The predicted octanol–water partition coefficient (Wildman–Crippen LogP) is 4.99. The Labute approximate surface area is 237 Å². The third-order valence-electron chi connectivity index (χ3n) is 6.21. The van der Waals surface area contributed by atoms with Crippen molar-refractivity contribution >= 4 is 67.1 Å². The van der Waals surface area contributed by atoms with Crippen molar-refractivity contribution in [3.8, 4) is 11.5 Å². The van der Waals surface area contributed by atoms with Gasteiger partial charge in [0.05, 0.1) is 31.8 Å². The maximum absolute atomic E-state index is 12.9. The number of sulfonamides is 1. The lowest BCUT2D eigenvalue weighted by atomic mass is 9.96. The monoisotopic (exact) mass is 616 g/mol. The molecular weight excluding hydrogens is 591 g/mol. The molecule has 14 heteroatoms. The van der Waals surface area contributed by atoms with Crippen LogP contribution < -0.4 is 9.62 Å². The molecule has 0 aromatic carbocycles. The van der Waals surface area contributed by atoms with Gasteiger partial charge in [0.2, 0.25) is 21.8 Å². The number of pyridine rings is 1. The van der Waals surface area contributed by atoms with Crippen LogP contribution in [0.25, 0.3) is 11.5 Å². The van der Waals surface area contributed by atoms with Crippen LogP contribution in [0.2, 0.25) is 9.36 Å². The van der Waals surface area contributed by atoms with Gasteiger partial charge in [-0.15, -0.1) is 17.9 Å². The minimum Gasteiger partial charge on any atom is -0.441 e. The van der Waals surface area contributed by atoms with Gasteiger partial charge >= 0.3 is 0 Å². The first-order valence-corrected chi connectivity index (χ1v) is 16.4. The fourth-order valence-corrected chi connectivity index (χ4v) is 8.39. The van der Waals surface area contributed by atoms with E-state index in [-0.39, 0.29) is 5.02 Å². The molecule has 0 bridgehead atoms. The number of rotatable bonds is 9. The number of aryl methyl sites for hydroxylation is 1. The van der Waals surface area contributed by atoms with E-state index < -0.39 is 37.9 Å². The molecule has 1 amide bonds. The highest BCUT2D eigenvalue weighted by Crippen LogP contribution is 2.38. The van der Waals surface area contributed by atoms with E-state index in [1.54, 1.807) is 24.5 Å². The lowest BCUT2D eigenvalue weighted by molar-refractivity contribution is -0.123. The van der Waals surface area contributed by atoms with Crippen LogP contribution in [-0.4, -0.2) is 47.8 Å². The molecule has 9 nitrogen and oxygen atoms in total. The standard InChI is InChI=1S/C24H26Cl2N4O5S3/c1-4-15-12-28-24(35-15)16-13-27-22(20(26)21(16)37(3)32)30-10-8-14(9-11-30)23(31)29-38(33,34)18(5-2)17-6-7-19(25)36-17/h5-7,12-14,18H,2,4,8-11H2,1,3H3,(H,29,31). The van der Waals surface area contributed by atoms with E-state index in [9.17, 15) is 17.4 Å². The number of carbonyl (C=O) groups is 1. The zero-order valence-corrected chi connectivity index (χ0v) is 24.6. The third-order valence-corrected chi connectivity index (χ3v) is 10.7. The van der Waals surface area contributed by atoms with Gasteiger partial charge in [-0.25, -0.2) is 18.4 Å². The highest BCUT2D eigenvalue weighted by Gasteiger charge is 2.33. The number of hydrogen-bond donors (Lipinski definition) is 1. The van der Waals surface area contributed by atoms with Gasteiger partial charge in [0.15, 0.2) is 0 Å². The average Bonchev–Trinajstić information content (AvgIpc) is 3.53. The normalized spacial score (nSPS) is 16.3. The van der Waals surface area contributed by atoms with Crippen LogP contribution in [0.4, 0.5) is 5.82 Å². The molecule has 4 rings (SSSR count). The van der Waals surface area contributed by atoms with Crippen molar-refractivity contribution in [1.82, 2.24) is 14.7 Å². The maximum atomic E-state index is 12.9. The Balaban J connectivity index is 1.47. The van der Waals surface area contributed by atoms with Crippen molar-refractivity contribution < 1.29 is 21.8 Å². The Morgan fingerprint density at radius 3 is 2.58 bits per heavy atom. The molecule has 4 heterocycles.